The first-order valence-corrected chi connectivity index (χ1v) is 4.96. The predicted molar refractivity (Wildman–Crippen MR) is 55.5 cm³/mol. The van der Waals surface area contributed by atoms with Gasteiger partial charge in [-0.25, -0.2) is 0 Å². The molecule has 0 aliphatic rings. The van der Waals surface area contributed by atoms with E-state index in [0.717, 1.165) is 12.1 Å². The summed E-state index contributed by atoms with van der Waals surface area (Å²) in [5, 5.41) is 0. The summed E-state index contributed by atoms with van der Waals surface area (Å²) >= 11 is 5.32. The third-order valence-corrected chi connectivity index (χ3v) is 2.19. The molecule has 0 amide bonds. The summed E-state index contributed by atoms with van der Waals surface area (Å²) in [5.41, 5.74) is 3.28. The van der Waals surface area contributed by atoms with E-state index < -0.39 is 28.8 Å². The van der Waals surface area contributed by atoms with E-state index in [9.17, 15) is 18.0 Å². The van der Waals surface area contributed by atoms with Crippen LogP contribution in [-0.2, 0) is 6.18 Å². The van der Waals surface area contributed by atoms with E-state index >= 15 is 0 Å². The molecule has 0 unspecified atom stereocenters. The van der Waals surface area contributed by atoms with E-state index in [-0.39, 0.29) is 12.3 Å². The lowest BCUT2D eigenvalue weighted by molar-refractivity contribution is -0.137. The average molecular weight is 252 g/mol. The van der Waals surface area contributed by atoms with Crippen LogP contribution in [0.15, 0.2) is 18.2 Å². The number of anilines is 1. The zero-order valence-corrected chi connectivity index (χ0v) is 8.90. The fourth-order valence-electron chi connectivity index (χ4n) is 1.34. The van der Waals surface area contributed by atoms with Crippen LogP contribution in [0.3, 0.4) is 0 Å². The highest BCUT2D eigenvalue weighted by atomic mass is 35.5. The van der Waals surface area contributed by atoms with Gasteiger partial charge in [-0.05, 0) is 6.07 Å². The second-order valence-electron chi connectivity index (χ2n) is 3.13. The maximum absolute atomic E-state index is 12.6. The molecule has 0 aromatic heterocycles. The Morgan fingerprint density at radius 3 is 2.50 bits per heavy atom. The second kappa shape index (κ2) is 4.74. The van der Waals surface area contributed by atoms with Crippen molar-refractivity contribution in [2.75, 3.05) is 11.6 Å². The molecule has 0 aliphatic carbocycles. The van der Waals surface area contributed by atoms with E-state index in [1.54, 1.807) is 0 Å². The lowest BCUT2D eigenvalue weighted by Gasteiger charge is -2.13. The Hall–Kier alpha value is -1.23. The fraction of sp³-hybridized carbons (Fsp3) is 0.300. The van der Waals surface area contributed by atoms with Crippen molar-refractivity contribution in [3.05, 3.63) is 29.3 Å². The minimum absolute atomic E-state index is 0.0229. The van der Waals surface area contributed by atoms with Gasteiger partial charge in [-0.15, -0.1) is 11.6 Å². The van der Waals surface area contributed by atoms with Crippen LogP contribution in [0.25, 0.3) is 0 Å². The van der Waals surface area contributed by atoms with Gasteiger partial charge in [0, 0.05) is 23.6 Å². The number of benzene rings is 1. The highest BCUT2D eigenvalue weighted by Crippen LogP contribution is 2.36. The van der Waals surface area contributed by atoms with Crippen molar-refractivity contribution in [3.63, 3.8) is 0 Å². The third-order valence-electron chi connectivity index (χ3n) is 2.00. The molecular formula is C10H9ClF3NO. The zero-order valence-electron chi connectivity index (χ0n) is 8.14. The van der Waals surface area contributed by atoms with Crippen LogP contribution >= 0.6 is 11.6 Å². The molecule has 2 N–H and O–H groups in total. The number of rotatable bonds is 3. The van der Waals surface area contributed by atoms with Crippen molar-refractivity contribution in [3.8, 4) is 0 Å². The summed E-state index contributed by atoms with van der Waals surface area (Å²) in [6.07, 6.45) is -4.78. The van der Waals surface area contributed by atoms with Crippen molar-refractivity contribution in [2.24, 2.45) is 0 Å². The number of carbonyl (C=O) groups excluding carboxylic acids is 1. The second-order valence-corrected chi connectivity index (χ2v) is 3.51. The van der Waals surface area contributed by atoms with E-state index in [4.69, 9.17) is 17.3 Å². The summed E-state index contributed by atoms with van der Waals surface area (Å²) in [4.78, 5) is 11.4. The molecule has 1 rings (SSSR count). The smallest absolute Gasteiger partial charge is 0.398 e. The van der Waals surface area contributed by atoms with Crippen LogP contribution in [0.2, 0.25) is 0 Å². The number of nitrogens with two attached hydrogens (primary N) is 1. The van der Waals surface area contributed by atoms with E-state index in [1.807, 2.05) is 0 Å². The van der Waals surface area contributed by atoms with Crippen molar-refractivity contribution in [1.82, 2.24) is 0 Å². The highest BCUT2D eigenvalue weighted by Gasteiger charge is 2.37. The number of halogens is 4. The molecule has 1 aromatic carbocycles. The molecule has 0 atom stereocenters. The quantitative estimate of drug-likeness (QED) is 0.510. The first kappa shape index (κ1) is 12.8. The number of carbonyl (C=O) groups is 1. The maximum Gasteiger partial charge on any atom is 0.419 e. The van der Waals surface area contributed by atoms with Crippen molar-refractivity contribution < 1.29 is 18.0 Å². The number of hydrogen-bond acceptors (Lipinski definition) is 2. The first-order valence-electron chi connectivity index (χ1n) is 4.42. The Balaban J connectivity index is 3.29. The molecule has 1 aromatic rings. The highest BCUT2D eigenvalue weighted by molar-refractivity contribution is 6.19. The van der Waals surface area contributed by atoms with Gasteiger partial charge in [0.15, 0.2) is 5.78 Å². The van der Waals surface area contributed by atoms with Gasteiger partial charge in [0.2, 0.25) is 0 Å². The van der Waals surface area contributed by atoms with Crippen LogP contribution in [-0.4, -0.2) is 11.7 Å². The molecular weight excluding hydrogens is 243 g/mol. The summed E-state index contributed by atoms with van der Waals surface area (Å²) < 4.78 is 37.9. The molecule has 0 aliphatic heterocycles. The molecule has 16 heavy (non-hydrogen) atoms. The number of Topliss-reactive ketones (excluding diaryl/α,β-unsaturated/α-hetero) is 1. The monoisotopic (exact) mass is 251 g/mol. The van der Waals surface area contributed by atoms with Crippen LogP contribution in [0.4, 0.5) is 18.9 Å². The average Bonchev–Trinajstić information content (AvgIpc) is 2.15. The van der Waals surface area contributed by atoms with Crippen LogP contribution in [0, 0.1) is 0 Å². The van der Waals surface area contributed by atoms with Crippen molar-refractivity contribution in [1.29, 1.82) is 0 Å². The van der Waals surface area contributed by atoms with Crippen LogP contribution in [0.1, 0.15) is 22.3 Å². The molecule has 2 nitrogen and oxygen atoms in total. The predicted octanol–water partition coefficient (Wildman–Crippen LogP) is 3.10. The standard InChI is InChI=1S/C10H9ClF3NO/c11-5-4-8(16)6-2-1-3-7(15)9(6)10(12,13)14/h1-3H,4-5,15H2. The SMILES string of the molecule is Nc1cccc(C(=O)CCCl)c1C(F)(F)F. The summed E-state index contributed by atoms with van der Waals surface area (Å²) in [6, 6.07) is 3.53. The van der Waals surface area contributed by atoms with Gasteiger partial charge >= 0.3 is 6.18 Å². The topological polar surface area (TPSA) is 43.1 Å². The van der Waals surface area contributed by atoms with Crippen LogP contribution in [0.5, 0.6) is 0 Å². The van der Waals surface area contributed by atoms with E-state index in [2.05, 4.69) is 0 Å². The van der Waals surface area contributed by atoms with Gasteiger partial charge in [0.05, 0.1) is 5.56 Å². The first-order chi connectivity index (χ1) is 7.38. The lowest BCUT2D eigenvalue weighted by atomic mass is 10.00. The number of hydrogen-bond donors (Lipinski definition) is 1. The molecule has 0 saturated heterocycles. The molecule has 88 valence electrons. The molecule has 0 fully saturated rings. The van der Waals surface area contributed by atoms with Gasteiger partial charge in [-0.1, -0.05) is 12.1 Å². The van der Waals surface area contributed by atoms with Crippen molar-refractivity contribution >= 4 is 23.1 Å². The number of nitrogen functional groups attached to an aromatic ring is 1. The van der Waals surface area contributed by atoms with Gasteiger partial charge < -0.3 is 5.73 Å². The largest absolute Gasteiger partial charge is 0.419 e. The van der Waals surface area contributed by atoms with Gasteiger partial charge in [0.25, 0.3) is 0 Å². The van der Waals surface area contributed by atoms with Gasteiger partial charge in [-0.3, -0.25) is 4.79 Å². The normalized spacial score (nSPS) is 11.5. The Morgan fingerprint density at radius 1 is 1.38 bits per heavy atom. The molecule has 0 saturated carbocycles. The summed E-state index contributed by atoms with van der Waals surface area (Å²) in [7, 11) is 0. The summed E-state index contributed by atoms with van der Waals surface area (Å²) in [5.74, 6) is -0.681. The Labute approximate surface area is 95.2 Å². The molecule has 0 bridgehead atoms. The number of ketones is 1. The summed E-state index contributed by atoms with van der Waals surface area (Å²) in [6.45, 7) is 0. The molecule has 0 spiro atoms. The van der Waals surface area contributed by atoms with Gasteiger partial charge in [-0.2, -0.15) is 13.2 Å². The Kier molecular flexibility index (Phi) is 3.80. The lowest BCUT2D eigenvalue weighted by Crippen LogP contribution is -2.16. The van der Waals surface area contributed by atoms with E-state index in [1.165, 1.54) is 6.07 Å². The zero-order chi connectivity index (χ0) is 12.3. The van der Waals surface area contributed by atoms with E-state index in [0.29, 0.717) is 0 Å². The minimum Gasteiger partial charge on any atom is -0.398 e. The van der Waals surface area contributed by atoms with Crippen molar-refractivity contribution in [2.45, 2.75) is 12.6 Å². The van der Waals surface area contributed by atoms with Gasteiger partial charge in [0.1, 0.15) is 0 Å². The Bertz CT molecular complexity index is 404. The van der Waals surface area contributed by atoms with Crippen LogP contribution < -0.4 is 5.73 Å². The Morgan fingerprint density at radius 2 is 2.00 bits per heavy atom. The minimum atomic E-state index is -4.64. The molecule has 0 radical (unpaired) electrons. The fourth-order valence-corrected chi connectivity index (χ4v) is 1.51. The number of alkyl halides is 4. The molecule has 6 heteroatoms. The molecule has 0 heterocycles. The maximum atomic E-state index is 12.6. The third kappa shape index (κ3) is 2.66.